The van der Waals surface area contributed by atoms with Gasteiger partial charge in [0.2, 0.25) is 0 Å². The summed E-state index contributed by atoms with van der Waals surface area (Å²) in [7, 11) is 1.25. The number of carbonyl (C=O) groups excluding carboxylic acids is 2. The number of halogens is 1. The van der Waals surface area contributed by atoms with E-state index in [-0.39, 0.29) is 16.4 Å². The number of methoxy groups -OCH3 is 1. The molecule has 1 rings (SSSR count). The molecule has 0 unspecified atom stereocenters. The third-order valence-electron chi connectivity index (χ3n) is 1.70. The van der Waals surface area contributed by atoms with Gasteiger partial charge in [0.05, 0.1) is 12.7 Å². The molecule has 74 valence electrons. The second-order valence-electron chi connectivity index (χ2n) is 2.64. The maximum atomic E-state index is 11.2. The third-order valence-corrected chi connectivity index (χ3v) is 2.00. The molecule has 0 aliphatic heterocycles. The molecule has 0 spiro atoms. The smallest absolute Gasteiger partial charge is 0.356 e. The Morgan fingerprint density at radius 1 is 1.64 bits per heavy atom. The van der Waals surface area contributed by atoms with Crippen molar-refractivity contribution in [2.75, 3.05) is 7.11 Å². The molecule has 1 aromatic rings. The highest BCUT2D eigenvalue weighted by atomic mass is 35.5. The molecule has 0 amide bonds. The van der Waals surface area contributed by atoms with Gasteiger partial charge >= 0.3 is 5.97 Å². The lowest BCUT2D eigenvalue weighted by molar-refractivity contribution is 0.0593. The van der Waals surface area contributed by atoms with Crippen molar-refractivity contribution in [3.8, 4) is 0 Å². The maximum Gasteiger partial charge on any atom is 0.356 e. The minimum Gasteiger partial charge on any atom is -0.464 e. The molecule has 1 aromatic heterocycles. The molecule has 0 aliphatic rings. The Labute approximate surface area is 85.9 Å². The topological polar surface area (TPSA) is 56.3 Å². The van der Waals surface area contributed by atoms with Crippen LogP contribution in [-0.4, -0.2) is 24.3 Å². The Bertz CT molecular complexity index is 390. The van der Waals surface area contributed by atoms with Gasteiger partial charge in [-0.15, -0.1) is 0 Å². The summed E-state index contributed by atoms with van der Waals surface area (Å²) in [6.45, 7) is 1.66. The monoisotopic (exact) mass is 213 g/mol. The second kappa shape index (κ2) is 4.19. The number of hydrogen-bond donors (Lipinski definition) is 0. The van der Waals surface area contributed by atoms with Crippen LogP contribution in [0.3, 0.4) is 0 Å². The molecule has 5 heteroatoms. The van der Waals surface area contributed by atoms with Crippen LogP contribution in [0.15, 0.2) is 6.07 Å². The van der Waals surface area contributed by atoms with Crippen molar-refractivity contribution < 1.29 is 14.3 Å². The van der Waals surface area contributed by atoms with E-state index in [1.165, 1.54) is 13.2 Å². The Hall–Kier alpha value is -1.42. The summed E-state index contributed by atoms with van der Waals surface area (Å²) >= 11 is 5.65. The van der Waals surface area contributed by atoms with Crippen molar-refractivity contribution in [1.29, 1.82) is 0 Å². The predicted octanol–water partition coefficient (Wildman–Crippen LogP) is 1.64. The number of esters is 1. The molecule has 0 bridgehead atoms. The van der Waals surface area contributed by atoms with Crippen molar-refractivity contribution >= 4 is 23.9 Å². The molecule has 0 radical (unpaired) electrons. The fraction of sp³-hybridized carbons (Fsp3) is 0.222. The fourth-order valence-electron chi connectivity index (χ4n) is 0.998. The molecule has 0 atom stereocenters. The molecule has 4 nitrogen and oxygen atoms in total. The quantitative estimate of drug-likeness (QED) is 0.426. The molecular weight excluding hydrogens is 206 g/mol. The number of pyridine rings is 1. The summed E-state index contributed by atoms with van der Waals surface area (Å²) in [4.78, 5) is 25.4. The van der Waals surface area contributed by atoms with E-state index in [0.717, 1.165) is 0 Å². The van der Waals surface area contributed by atoms with Crippen LogP contribution in [0.2, 0.25) is 5.15 Å². The number of rotatable bonds is 2. The van der Waals surface area contributed by atoms with E-state index < -0.39 is 5.97 Å². The van der Waals surface area contributed by atoms with Crippen molar-refractivity contribution in [2.24, 2.45) is 0 Å². The SMILES string of the molecule is COC(=O)c1nc(Cl)c(C=O)cc1C. The van der Waals surface area contributed by atoms with Crippen LogP contribution in [0.25, 0.3) is 0 Å². The van der Waals surface area contributed by atoms with Crippen molar-refractivity contribution in [2.45, 2.75) is 6.92 Å². The van der Waals surface area contributed by atoms with Gasteiger partial charge in [-0.25, -0.2) is 9.78 Å². The first-order valence-corrected chi connectivity index (χ1v) is 4.18. The summed E-state index contributed by atoms with van der Waals surface area (Å²) in [6, 6.07) is 1.49. The van der Waals surface area contributed by atoms with Crippen molar-refractivity contribution in [3.05, 3.63) is 28.0 Å². The molecule has 0 saturated carbocycles. The minimum absolute atomic E-state index is 0.00556. The average Bonchev–Trinajstić information content (AvgIpc) is 2.19. The first kappa shape index (κ1) is 10.7. The third kappa shape index (κ3) is 1.90. The fourth-order valence-corrected chi connectivity index (χ4v) is 1.18. The van der Waals surface area contributed by atoms with Gasteiger partial charge in [-0.05, 0) is 18.6 Å². The first-order valence-electron chi connectivity index (χ1n) is 3.80. The van der Waals surface area contributed by atoms with Gasteiger partial charge in [0.15, 0.2) is 12.0 Å². The number of aromatic nitrogens is 1. The molecule has 14 heavy (non-hydrogen) atoms. The van der Waals surface area contributed by atoms with Crippen LogP contribution >= 0.6 is 11.6 Å². The lowest BCUT2D eigenvalue weighted by Gasteiger charge is -2.04. The highest BCUT2D eigenvalue weighted by Gasteiger charge is 2.14. The lowest BCUT2D eigenvalue weighted by atomic mass is 10.1. The summed E-state index contributed by atoms with van der Waals surface area (Å²) in [5.74, 6) is -0.568. The summed E-state index contributed by atoms with van der Waals surface area (Å²) in [6.07, 6.45) is 0.587. The van der Waals surface area contributed by atoms with Crippen molar-refractivity contribution in [1.82, 2.24) is 4.98 Å². The van der Waals surface area contributed by atoms with E-state index in [9.17, 15) is 9.59 Å². The Morgan fingerprint density at radius 3 is 2.79 bits per heavy atom. The van der Waals surface area contributed by atoms with Gasteiger partial charge in [0, 0.05) is 0 Å². The molecule has 0 aromatic carbocycles. The van der Waals surface area contributed by atoms with Crippen LogP contribution in [0.1, 0.15) is 26.4 Å². The summed E-state index contributed by atoms with van der Waals surface area (Å²) in [5.41, 5.74) is 0.947. The molecule has 0 saturated heterocycles. The van der Waals surface area contributed by atoms with Crippen LogP contribution in [-0.2, 0) is 4.74 Å². The maximum absolute atomic E-state index is 11.2. The van der Waals surface area contributed by atoms with Gasteiger partial charge in [-0.2, -0.15) is 0 Å². The van der Waals surface area contributed by atoms with E-state index in [4.69, 9.17) is 11.6 Å². The minimum atomic E-state index is -0.568. The van der Waals surface area contributed by atoms with Crippen LogP contribution in [0, 0.1) is 6.92 Å². The molecule has 0 N–H and O–H groups in total. The zero-order valence-corrected chi connectivity index (χ0v) is 8.46. The van der Waals surface area contributed by atoms with E-state index in [1.807, 2.05) is 0 Å². The van der Waals surface area contributed by atoms with Gasteiger partial charge in [-0.3, -0.25) is 4.79 Å². The largest absolute Gasteiger partial charge is 0.464 e. The van der Waals surface area contributed by atoms with Gasteiger partial charge in [0.25, 0.3) is 0 Å². The predicted molar refractivity (Wildman–Crippen MR) is 50.7 cm³/mol. The number of carbonyl (C=O) groups is 2. The number of aryl methyl sites for hydroxylation is 1. The second-order valence-corrected chi connectivity index (χ2v) is 3.00. The Balaban J connectivity index is 3.28. The van der Waals surface area contributed by atoms with E-state index in [0.29, 0.717) is 11.8 Å². The number of ether oxygens (including phenoxy) is 1. The van der Waals surface area contributed by atoms with E-state index in [1.54, 1.807) is 6.92 Å². The first-order chi connectivity index (χ1) is 6.60. The average molecular weight is 214 g/mol. The van der Waals surface area contributed by atoms with Crippen LogP contribution in [0.4, 0.5) is 0 Å². The standard InChI is InChI=1S/C9H8ClNO3/c1-5-3-6(4-12)8(10)11-7(5)9(13)14-2/h3-4H,1-2H3. The van der Waals surface area contributed by atoms with Crippen LogP contribution in [0.5, 0.6) is 0 Å². The summed E-state index contributed by atoms with van der Waals surface area (Å²) in [5, 5.41) is 0.00556. The summed E-state index contributed by atoms with van der Waals surface area (Å²) < 4.78 is 4.50. The normalized spacial score (nSPS) is 9.64. The molecule has 1 heterocycles. The highest BCUT2D eigenvalue weighted by molar-refractivity contribution is 6.31. The van der Waals surface area contributed by atoms with E-state index in [2.05, 4.69) is 9.72 Å². The number of hydrogen-bond acceptors (Lipinski definition) is 4. The Morgan fingerprint density at radius 2 is 2.29 bits per heavy atom. The lowest BCUT2D eigenvalue weighted by Crippen LogP contribution is -2.08. The number of nitrogens with zero attached hydrogens (tertiary/aromatic N) is 1. The van der Waals surface area contributed by atoms with Gasteiger partial charge in [0.1, 0.15) is 5.15 Å². The Kier molecular flexibility index (Phi) is 3.19. The van der Waals surface area contributed by atoms with E-state index >= 15 is 0 Å². The molecule has 0 aliphatic carbocycles. The van der Waals surface area contributed by atoms with Crippen LogP contribution < -0.4 is 0 Å². The van der Waals surface area contributed by atoms with Gasteiger partial charge < -0.3 is 4.74 Å². The molecular formula is C9H8ClNO3. The van der Waals surface area contributed by atoms with Crippen molar-refractivity contribution in [3.63, 3.8) is 0 Å². The zero-order chi connectivity index (χ0) is 10.7. The number of aldehydes is 1. The zero-order valence-electron chi connectivity index (χ0n) is 7.70. The molecule has 0 fully saturated rings. The highest BCUT2D eigenvalue weighted by Crippen LogP contribution is 2.16. The van der Waals surface area contributed by atoms with Gasteiger partial charge in [-0.1, -0.05) is 11.6 Å².